The lowest BCUT2D eigenvalue weighted by molar-refractivity contribution is -0.274. The van der Waals surface area contributed by atoms with Gasteiger partial charge in [0.2, 0.25) is 0 Å². The van der Waals surface area contributed by atoms with Crippen LogP contribution in [0.3, 0.4) is 0 Å². The number of carbonyl (C=O) groups is 1. The lowest BCUT2D eigenvalue weighted by Gasteiger charge is -2.10. The fourth-order valence-electron chi connectivity index (χ4n) is 1.15. The second-order valence-corrected chi connectivity index (χ2v) is 4.01. The summed E-state index contributed by atoms with van der Waals surface area (Å²) in [6.07, 6.45) is -4.88. The molecule has 3 nitrogen and oxygen atoms in total. The molecule has 0 aliphatic carbocycles. The van der Waals surface area contributed by atoms with Crippen molar-refractivity contribution in [1.82, 2.24) is 0 Å². The van der Waals surface area contributed by atoms with Crippen molar-refractivity contribution >= 4 is 21.9 Å². The van der Waals surface area contributed by atoms with E-state index in [-0.39, 0.29) is 12.2 Å². The largest absolute Gasteiger partial charge is 0.573 e. The average molecular weight is 313 g/mol. The molecule has 0 aliphatic rings. The van der Waals surface area contributed by atoms with E-state index in [0.29, 0.717) is 10.0 Å². The smallest absolute Gasteiger partial charge is 0.469 e. The minimum Gasteiger partial charge on any atom is -0.469 e. The van der Waals surface area contributed by atoms with Crippen LogP contribution in [0.2, 0.25) is 0 Å². The van der Waals surface area contributed by atoms with Crippen LogP contribution in [0.15, 0.2) is 22.7 Å². The van der Waals surface area contributed by atoms with E-state index in [1.165, 1.54) is 13.2 Å². The molecule has 0 bridgehead atoms. The highest BCUT2D eigenvalue weighted by atomic mass is 79.9. The van der Waals surface area contributed by atoms with Crippen molar-refractivity contribution in [2.45, 2.75) is 12.8 Å². The topological polar surface area (TPSA) is 35.5 Å². The van der Waals surface area contributed by atoms with Gasteiger partial charge in [0, 0.05) is 4.47 Å². The Morgan fingerprint density at radius 2 is 2.00 bits per heavy atom. The van der Waals surface area contributed by atoms with Crippen molar-refractivity contribution < 1.29 is 27.4 Å². The van der Waals surface area contributed by atoms with Crippen LogP contribution in [0.5, 0.6) is 5.75 Å². The van der Waals surface area contributed by atoms with Gasteiger partial charge in [-0.1, -0.05) is 15.9 Å². The first-order valence-electron chi connectivity index (χ1n) is 4.42. The van der Waals surface area contributed by atoms with Gasteiger partial charge < -0.3 is 9.47 Å². The Labute approximate surface area is 104 Å². The van der Waals surface area contributed by atoms with Gasteiger partial charge in [-0.15, -0.1) is 13.2 Å². The highest BCUT2D eigenvalue weighted by molar-refractivity contribution is 9.10. The SMILES string of the molecule is COC(=O)Cc1cc(Br)cc(OC(F)(F)F)c1. The predicted octanol–water partition coefficient (Wildman–Crippen LogP) is 3.06. The second kappa shape index (κ2) is 5.39. The van der Waals surface area contributed by atoms with Crippen LogP contribution < -0.4 is 4.74 Å². The molecule has 0 atom stereocenters. The van der Waals surface area contributed by atoms with E-state index in [1.807, 2.05) is 0 Å². The van der Waals surface area contributed by atoms with Gasteiger partial charge in [-0.05, 0) is 23.8 Å². The molecule has 7 heteroatoms. The van der Waals surface area contributed by atoms with E-state index in [0.717, 1.165) is 12.1 Å². The number of esters is 1. The van der Waals surface area contributed by atoms with E-state index in [9.17, 15) is 18.0 Å². The molecule has 0 radical (unpaired) electrons. The van der Waals surface area contributed by atoms with Gasteiger partial charge in [-0.2, -0.15) is 0 Å². The molecule has 94 valence electrons. The maximum Gasteiger partial charge on any atom is 0.573 e. The molecular formula is C10H8BrF3O3. The predicted molar refractivity (Wildman–Crippen MR) is 56.5 cm³/mol. The lowest BCUT2D eigenvalue weighted by Crippen LogP contribution is -2.17. The van der Waals surface area contributed by atoms with Crippen LogP contribution in [0.1, 0.15) is 5.56 Å². The number of benzene rings is 1. The number of hydrogen-bond acceptors (Lipinski definition) is 3. The van der Waals surface area contributed by atoms with Gasteiger partial charge in [0.05, 0.1) is 13.5 Å². The first-order valence-corrected chi connectivity index (χ1v) is 5.21. The lowest BCUT2D eigenvalue weighted by atomic mass is 10.1. The fraction of sp³-hybridized carbons (Fsp3) is 0.300. The zero-order valence-corrected chi connectivity index (χ0v) is 10.3. The quantitative estimate of drug-likeness (QED) is 0.805. The number of hydrogen-bond donors (Lipinski definition) is 0. The summed E-state index contributed by atoms with van der Waals surface area (Å²) in [5.41, 5.74) is 0.366. The maximum atomic E-state index is 12.0. The van der Waals surface area contributed by atoms with E-state index in [2.05, 4.69) is 25.4 Å². The minimum absolute atomic E-state index is 0.121. The first kappa shape index (κ1) is 13.8. The molecule has 0 aromatic heterocycles. The van der Waals surface area contributed by atoms with Gasteiger partial charge >= 0.3 is 12.3 Å². The molecule has 0 heterocycles. The molecule has 0 saturated heterocycles. The summed E-state index contributed by atoms with van der Waals surface area (Å²) in [5.74, 6) is -0.924. The molecule has 0 N–H and O–H groups in total. The zero-order chi connectivity index (χ0) is 13.1. The van der Waals surface area contributed by atoms with Crippen molar-refractivity contribution in [3.8, 4) is 5.75 Å². The third-order valence-electron chi connectivity index (χ3n) is 1.74. The molecular weight excluding hydrogens is 305 g/mol. The van der Waals surface area contributed by atoms with Crippen molar-refractivity contribution in [3.63, 3.8) is 0 Å². The number of ether oxygens (including phenoxy) is 2. The molecule has 0 saturated carbocycles. The summed E-state index contributed by atoms with van der Waals surface area (Å²) < 4.78 is 44.6. The number of alkyl halides is 3. The Morgan fingerprint density at radius 3 is 2.53 bits per heavy atom. The van der Waals surface area contributed by atoms with E-state index in [1.54, 1.807) is 0 Å². The van der Waals surface area contributed by atoms with Crippen molar-refractivity contribution in [3.05, 3.63) is 28.2 Å². The molecule has 1 rings (SSSR count). The summed E-state index contributed by atoms with van der Waals surface area (Å²) in [7, 11) is 1.20. The molecule has 17 heavy (non-hydrogen) atoms. The van der Waals surface area contributed by atoms with E-state index >= 15 is 0 Å². The number of methoxy groups -OCH3 is 1. The van der Waals surface area contributed by atoms with E-state index < -0.39 is 12.3 Å². The molecule has 0 aliphatic heterocycles. The third-order valence-corrected chi connectivity index (χ3v) is 2.20. The molecule has 0 spiro atoms. The molecule has 0 unspecified atom stereocenters. The van der Waals surface area contributed by atoms with Crippen LogP contribution in [0.4, 0.5) is 13.2 Å². The van der Waals surface area contributed by atoms with Crippen molar-refractivity contribution in [2.24, 2.45) is 0 Å². The van der Waals surface area contributed by atoms with Crippen LogP contribution in [-0.4, -0.2) is 19.4 Å². The monoisotopic (exact) mass is 312 g/mol. The van der Waals surface area contributed by atoms with Crippen LogP contribution in [0.25, 0.3) is 0 Å². The highest BCUT2D eigenvalue weighted by Gasteiger charge is 2.31. The van der Waals surface area contributed by atoms with E-state index in [4.69, 9.17) is 0 Å². The fourth-order valence-corrected chi connectivity index (χ4v) is 1.67. The average Bonchev–Trinajstić information content (AvgIpc) is 2.13. The highest BCUT2D eigenvalue weighted by Crippen LogP contribution is 2.27. The number of carbonyl (C=O) groups excluding carboxylic acids is 1. The van der Waals surface area contributed by atoms with Gasteiger partial charge in [0.25, 0.3) is 0 Å². The van der Waals surface area contributed by atoms with Gasteiger partial charge in [0.1, 0.15) is 5.75 Å². The summed E-state index contributed by atoms with van der Waals surface area (Å²) in [6, 6.07) is 3.81. The summed E-state index contributed by atoms with van der Waals surface area (Å²) >= 11 is 3.03. The third kappa shape index (κ3) is 5.08. The van der Waals surface area contributed by atoms with Crippen LogP contribution in [-0.2, 0) is 16.0 Å². The van der Waals surface area contributed by atoms with Gasteiger partial charge in [-0.3, -0.25) is 4.79 Å². The Bertz CT molecular complexity index is 418. The second-order valence-electron chi connectivity index (χ2n) is 3.10. The zero-order valence-electron chi connectivity index (χ0n) is 8.68. The maximum absolute atomic E-state index is 12.0. The Hall–Kier alpha value is -1.24. The summed E-state index contributed by atoms with van der Waals surface area (Å²) in [4.78, 5) is 11.0. The number of halogens is 4. The summed E-state index contributed by atoms with van der Waals surface area (Å²) in [5, 5.41) is 0. The molecule has 0 fully saturated rings. The molecule has 0 amide bonds. The Morgan fingerprint density at radius 1 is 1.35 bits per heavy atom. The van der Waals surface area contributed by atoms with Gasteiger partial charge in [-0.25, -0.2) is 0 Å². The standard InChI is InChI=1S/C10H8BrF3O3/c1-16-9(15)4-6-2-7(11)5-8(3-6)17-10(12,13)14/h2-3,5H,4H2,1H3. The van der Waals surface area contributed by atoms with Gasteiger partial charge in [0.15, 0.2) is 0 Å². The van der Waals surface area contributed by atoms with Crippen molar-refractivity contribution in [2.75, 3.05) is 7.11 Å². The minimum atomic E-state index is -4.76. The Balaban J connectivity index is 2.90. The molecule has 1 aromatic carbocycles. The van der Waals surface area contributed by atoms with Crippen LogP contribution >= 0.6 is 15.9 Å². The van der Waals surface area contributed by atoms with Crippen molar-refractivity contribution in [1.29, 1.82) is 0 Å². The van der Waals surface area contributed by atoms with Crippen LogP contribution in [0, 0.1) is 0 Å². The normalized spacial score (nSPS) is 11.1. The summed E-state index contributed by atoms with van der Waals surface area (Å²) in [6.45, 7) is 0. The number of rotatable bonds is 3. The Kier molecular flexibility index (Phi) is 4.39. The molecule has 1 aromatic rings. The first-order chi connectivity index (χ1) is 7.80.